The molecular weight excluding hydrogens is 322 g/mol. The predicted octanol–water partition coefficient (Wildman–Crippen LogP) is -2.26. The Kier molecular flexibility index (Phi) is 10.2. The van der Waals surface area contributed by atoms with Crippen LogP contribution >= 0.6 is 0 Å². The number of rotatable bonds is 14. The van der Waals surface area contributed by atoms with Crippen LogP contribution in [0.1, 0.15) is 5.69 Å². The van der Waals surface area contributed by atoms with E-state index in [0.29, 0.717) is 5.69 Å². The number of carbonyl (C=O) groups is 1. The van der Waals surface area contributed by atoms with E-state index in [-0.39, 0.29) is 46.0 Å². The van der Waals surface area contributed by atoms with E-state index in [1.807, 2.05) is 0 Å². The molecule has 1 rings (SSSR count). The summed E-state index contributed by atoms with van der Waals surface area (Å²) in [6.45, 7) is 0.164. The minimum Gasteiger partial charge on any atom is -0.480 e. The first-order valence-electron chi connectivity index (χ1n) is 7.58. The third-order valence-corrected chi connectivity index (χ3v) is 3.08. The molecule has 0 amide bonds. The fourth-order valence-electron chi connectivity index (χ4n) is 1.81. The smallest absolute Gasteiger partial charge is 0.321 e. The number of ether oxygens (including phenoxy) is 2. The van der Waals surface area contributed by atoms with Crippen LogP contribution in [-0.2, 0) is 20.7 Å². The van der Waals surface area contributed by atoms with E-state index in [4.69, 9.17) is 24.8 Å². The Morgan fingerprint density at radius 2 is 1.92 bits per heavy atom. The van der Waals surface area contributed by atoms with Crippen LogP contribution in [0.15, 0.2) is 12.5 Å². The first-order chi connectivity index (χ1) is 11.5. The van der Waals surface area contributed by atoms with Crippen molar-refractivity contribution < 1.29 is 34.7 Å². The number of H-pyrrole nitrogens is 1. The standard InChI is InChI=1S/C14H25N3O7/c18-6-12(20)8-24-2-1-23-7-11(19)5-16-13(14(21)22)3-10-4-15-9-17-10/h4,9,11-13,16,18-20H,1-3,5-8H2,(H,15,17)(H,21,22). The molecular formula is C14H25N3O7. The predicted molar refractivity (Wildman–Crippen MR) is 82.5 cm³/mol. The number of hydrogen-bond donors (Lipinski definition) is 6. The highest BCUT2D eigenvalue weighted by molar-refractivity contribution is 5.73. The number of hydrogen-bond acceptors (Lipinski definition) is 8. The third-order valence-electron chi connectivity index (χ3n) is 3.08. The van der Waals surface area contributed by atoms with E-state index in [1.54, 1.807) is 6.20 Å². The van der Waals surface area contributed by atoms with Gasteiger partial charge in [0, 0.05) is 24.9 Å². The Morgan fingerprint density at radius 3 is 2.46 bits per heavy atom. The van der Waals surface area contributed by atoms with Gasteiger partial charge in [-0.15, -0.1) is 0 Å². The maximum atomic E-state index is 11.2. The van der Waals surface area contributed by atoms with Crippen molar-refractivity contribution in [1.82, 2.24) is 15.3 Å². The summed E-state index contributed by atoms with van der Waals surface area (Å²) in [5, 5.41) is 39.3. The van der Waals surface area contributed by atoms with Gasteiger partial charge < -0.3 is 40.2 Å². The Morgan fingerprint density at radius 1 is 1.25 bits per heavy atom. The second-order valence-electron chi connectivity index (χ2n) is 5.22. The molecule has 1 aromatic heterocycles. The molecule has 3 unspecified atom stereocenters. The van der Waals surface area contributed by atoms with Crippen LogP contribution in [0.3, 0.4) is 0 Å². The van der Waals surface area contributed by atoms with Crippen molar-refractivity contribution in [2.75, 3.05) is 39.6 Å². The lowest BCUT2D eigenvalue weighted by Gasteiger charge is -2.17. The molecule has 3 atom stereocenters. The molecule has 0 spiro atoms. The van der Waals surface area contributed by atoms with Crippen molar-refractivity contribution in [1.29, 1.82) is 0 Å². The van der Waals surface area contributed by atoms with Gasteiger partial charge in [0.25, 0.3) is 0 Å². The average Bonchev–Trinajstić information content (AvgIpc) is 3.07. The summed E-state index contributed by atoms with van der Waals surface area (Å²) in [6, 6.07) is -0.844. The Hall–Kier alpha value is -1.56. The maximum Gasteiger partial charge on any atom is 0.321 e. The fraction of sp³-hybridized carbons (Fsp3) is 0.714. The van der Waals surface area contributed by atoms with Crippen LogP contribution in [0.5, 0.6) is 0 Å². The molecule has 24 heavy (non-hydrogen) atoms. The molecule has 0 aliphatic heterocycles. The molecule has 0 aliphatic rings. The Balaban J connectivity index is 2.12. The molecule has 10 nitrogen and oxygen atoms in total. The molecule has 0 saturated heterocycles. The second-order valence-corrected chi connectivity index (χ2v) is 5.22. The number of aliphatic hydroxyl groups excluding tert-OH is 3. The summed E-state index contributed by atoms with van der Waals surface area (Å²) in [7, 11) is 0. The van der Waals surface area contributed by atoms with Gasteiger partial charge in [-0.2, -0.15) is 0 Å². The number of carboxylic acids is 1. The molecule has 0 aliphatic carbocycles. The van der Waals surface area contributed by atoms with Gasteiger partial charge in [-0.3, -0.25) is 4.79 Å². The van der Waals surface area contributed by atoms with Gasteiger partial charge in [0.15, 0.2) is 0 Å². The van der Waals surface area contributed by atoms with E-state index in [1.165, 1.54) is 6.33 Å². The topological polar surface area (TPSA) is 157 Å². The van der Waals surface area contributed by atoms with Gasteiger partial charge in [-0.25, -0.2) is 4.98 Å². The minimum atomic E-state index is -1.02. The number of carboxylic acid groups (broad SMARTS) is 1. The molecule has 1 aromatic rings. The molecule has 10 heteroatoms. The number of aliphatic carboxylic acids is 1. The number of nitrogens with zero attached hydrogens (tertiary/aromatic N) is 1. The zero-order valence-corrected chi connectivity index (χ0v) is 13.3. The number of aromatic nitrogens is 2. The summed E-state index contributed by atoms with van der Waals surface area (Å²) < 4.78 is 10.2. The van der Waals surface area contributed by atoms with Crippen molar-refractivity contribution in [3.63, 3.8) is 0 Å². The van der Waals surface area contributed by atoms with Crippen LogP contribution in [-0.4, -0.2) is 94.2 Å². The summed E-state index contributed by atoms with van der Waals surface area (Å²) in [4.78, 5) is 17.8. The molecule has 1 heterocycles. The second kappa shape index (κ2) is 11.9. The first kappa shape index (κ1) is 20.5. The van der Waals surface area contributed by atoms with Gasteiger partial charge in [0.1, 0.15) is 12.1 Å². The molecule has 0 bridgehead atoms. The van der Waals surface area contributed by atoms with Crippen LogP contribution in [0.4, 0.5) is 0 Å². The van der Waals surface area contributed by atoms with Crippen molar-refractivity contribution in [2.45, 2.75) is 24.7 Å². The van der Waals surface area contributed by atoms with Crippen LogP contribution in [0.25, 0.3) is 0 Å². The highest BCUT2D eigenvalue weighted by Gasteiger charge is 2.19. The number of imidazole rings is 1. The first-order valence-corrected chi connectivity index (χ1v) is 7.58. The number of nitrogens with one attached hydrogen (secondary N) is 2. The van der Waals surface area contributed by atoms with E-state index < -0.39 is 24.2 Å². The van der Waals surface area contributed by atoms with Crippen LogP contribution < -0.4 is 5.32 Å². The SMILES string of the molecule is O=C(O)C(Cc1cnc[nH]1)NCC(O)COCCOCC(O)CO. The minimum absolute atomic E-state index is 0.0118. The summed E-state index contributed by atoms with van der Waals surface area (Å²) in [5.41, 5.74) is 0.683. The van der Waals surface area contributed by atoms with Crippen molar-refractivity contribution >= 4 is 5.97 Å². The van der Waals surface area contributed by atoms with E-state index in [0.717, 1.165) is 0 Å². The number of aliphatic hydroxyl groups is 3. The van der Waals surface area contributed by atoms with E-state index >= 15 is 0 Å². The summed E-state index contributed by atoms with van der Waals surface area (Å²) in [5.74, 6) is -1.02. The maximum absolute atomic E-state index is 11.2. The normalized spacial score (nSPS) is 15.1. The lowest BCUT2D eigenvalue weighted by Crippen LogP contribution is -2.43. The average molecular weight is 347 g/mol. The quantitative estimate of drug-likeness (QED) is 0.204. The summed E-state index contributed by atoms with van der Waals surface area (Å²) in [6.07, 6.45) is 1.46. The Bertz CT molecular complexity index is 444. The van der Waals surface area contributed by atoms with Gasteiger partial charge in [0.2, 0.25) is 0 Å². The van der Waals surface area contributed by atoms with E-state index in [9.17, 15) is 9.90 Å². The highest BCUT2D eigenvalue weighted by Crippen LogP contribution is 1.99. The van der Waals surface area contributed by atoms with Crippen LogP contribution in [0, 0.1) is 0 Å². The van der Waals surface area contributed by atoms with E-state index in [2.05, 4.69) is 15.3 Å². The van der Waals surface area contributed by atoms with Gasteiger partial charge >= 0.3 is 5.97 Å². The lowest BCUT2D eigenvalue weighted by molar-refractivity contribution is -0.139. The van der Waals surface area contributed by atoms with Gasteiger partial charge in [0.05, 0.1) is 45.5 Å². The highest BCUT2D eigenvalue weighted by atomic mass is 16.5. The van der Waals surface area contributed by atoms with Crippen molar-refractivity contribution in [2.24, 2.45) is 0 Å². The monoisotopic (exact) mass is 347 g/mol. The van der Waals surface area contributed by atoms with Crippen molar-refractivity contribution in [3.05, 3.63) is 18.2 Å². The molecule has 6 N–H and O–H groups in total. The fourth-order valence-corrected chi connectivity index (χ4v) is 1.81. The zero-order valence-electron chi connectivity index (χ0n) is 13.3. The molecule has 0 radical (unpaired) electrons. The number of aromatic amines is 1. The molecule has 138 valence electrons. The Labute approximate surface area is 139 Å². The largest absolute Gasteiger partial charge is 0.480 e. The third kappa shape index (κ3) is 8.91. The molecule has 0 saturated carbocycles. The van der Waals surface area contributed by atoms with Gasteiger partial charge in [-0.1, -0.05) is 0 Å². The zero-order chi connectivity index (χ0) is 17.8. The van der Waals surface area contributed by atoms with Gasteiger partial charge in [-0.05, 0) is 0 Å². The molecule has 0 fully saturated rings. The molecule has 0 aromatic carbocycles. The van der Waals surface area contributed by atoms with Crippen LogP contribution in [0.2, 0.25) is 0 Å². The summed E-state index contributed by atoms with van der Waals surface area (Å²) >= 11 is 0. The van der Waals surface area contributed by atoms with Crippen molar-refractivity contribution in [3.8, 4) is 0 Å². The lowest BCUT2D eigenvalue weighted by atomic mass is 10.1.